The molecule has 2 aliphatic rings. The van der Waals surface area contributed by atoms with Crippen LogP contribution in [0.3, 0.4) is 0 Å². The van der Waals surface area contributed by atoms with E-state index in [0.29, 0.717) is 11.5 Å². The number of carbonyl (C=O) groups is 2. The van der Waals surface area contributed by atoms with Gasteiger partial charge in [-0.1, -0.05) is 48.6 Å². The summed E-state index contributed by atoms with van der Waals surface area (Å²) in [5.41, 5.74) is 3.54. The molecule has 0 aromatic heterocycles. The molecule has 1 aliphatic heterocycles. The zero-order valence-corrected chi connectivity index (χ0v) is 14.3. The van der Waals surface area contributed by atoms with Crippen molar-refractivity contribution in [3.63, 3.8) is 0 Å². The van der Waals surface area contributed by atoms with E-state index in [1.807, 2.05) is 24.3 Å². The Labute approximate surface area is 151 Å². The Morgan fingerprint density at radius 2 is 1.92 bits per heavy atom. The Hall–Kier alpha value is -3.08. The van der Waals surface area contributed by atoms with Crippen LogP contribution in [0.4, 0.5) is 5.69 Å². The second kappa shape index (κ2) is 6.33. The van der Waals surface area contributed by atoms with Crippen molar-refractivity contribution < 1.29 is 19.4 Å². The highest BCUT2D eigenvalue weighted by Crippen LogP contribution is 2.50. The lowest BCUT2D eigenvalue weighted by atomic mass is 9.76. The molecule has 0 spiro atoms. The molecule has 5 heteroatoms. The van der Waals surface area contributed by atoms with Crippen LogP contribution in [0.2, 0.25) is 0 Å². The van der Waals surface area contributed by atoms with Gasteiger partial charge < -0.3 is 20.0 Å². The number of carboxylic acid groups (broad SMARTS) is 1. The van der Waals surface area contributed by atoms with Crippen LogP contribution < -0.4 is 10.4 Å². The van der Waals surface area contributed by atoms with Gasteiger partial charge in [0.1, 0.15) is 0 Å². The SMILES string of the molecule is COC(=O)c1cccc2c1N[C@H](c1ccc(C(=O)[O-])cc1)[C@H]1CC=C[C@@H]21. The lowest BCUT2D eigenvalue weighted by Crippen LogP contribution is -2.30. The molecule has 0 fully saturated rings. The van der Waals surface area contributed by atoms with Crippen LogP contribution >= 0.6 is 0 Å². The Kier molecular flexibility index (Phi) is 3.99. The van der Waals surface area contributed by atoms with Crippen molar-refractivity contribution in [2.24, 2.45) is 5.92 Å². The van der Waals surface area contributed by atoms with Crippen LogP contribution in [-0.2, 0) is 4.74 Å². The van der Waals surface area contributed by atoms with E-state index in [-0.39, 0.29) is 23.5 Å². The predicted molar refractivity (Wildman–Crippen MR) is 94.9 cm³/mol. The number of hydrogen-bond donors (Lipinski definition) is 1. The number of allylic oxidation sites excluding steroid dienone is 2. The molecule has 0 bridgehead atoms. The highest BCUT2D eigenvalue weighted by atomic mass is 16.5. The van der Waals surface area contributed by atoms with Gasteiger partial charge in [-0.2, -0.15) is 0 Å². The first-order valence-corrected chi connectivity index (χ1v) is 8.56. The van der Waals surface area contributed by atoms with E-state index < -0.39 is 5.97 Å². The molecule has 2 aromatic rings. The first kappa shape index (κ1) is 16.4. The number of hydrogen-bond acceptors (Lipinski definition) is 5. The molecule has 3 atom stereocenters. The monoisotopic (exact) mass is 348 g/mol. The standard InChI is InChI=1S/C21H19NO4/c1-26-21(25)17-7-3-6-16-14-4-2-5-15(14)18(22-19(16)17)12-8-10-13(11-9-12)20(23)24/h2-4,6-11,14-15,18,22H,5H2,1H3,(H,23,24)/p-1/t14-,15+,18-/m1/s1. The van der Waals surface area contributed by atoms with Crippen LogP contribution in [-0.4, -0.2) is 19.0 Å². The highest BCUT2D eigenvalue weighted by Gasteiger charge is 2.39. The number of fused-ring (bicyclic) bond motifs is 3. The van der Waals surface area contributed by atoms with Gasteiger partial charge in [-0.05, 0) is 35.1 Å². The third-order valence-electron chi connectivity index (χ3n) is 5.31. The summed E-state index contributed by atoms with van der Waals surface area (Å²) in [5.74, 6) is -1.04. The minimum Gasteiger partial charge on any atom is -0.545 e. The van der Waals surface area contributed by atoms with E-state index >= 15 is 0 Å². The molecule has 0 amide bonds. The van der Waals surface area contributed by atoms with Crippen molar-refractivity contribution in [2.75, 3.05) is 12.4 Å². The van der Waals surface area contributed by atoms with Crippen molar-refractivity contribution >= 4 is 17.6 Å². The summed E-state index contributed by atoms with van der Waals surface area (Å²) in [5, 5.41) is 14.5. The fraction of sp³-hybridized carbons (Fsp3) is 0.238. The van der Waals surface area contributed by atoms with E-state index in [4.69, 9.17) is 4.74 Å². The van der Waals surface area contributed by atoms with E-state index in [2.05, 4.69) is 17.5 Å². The normalized spacial score (nSPS) is 22.9. The Morgan fingerprint density at radius 3 is 2.62 bits per heavy atom. The lowest BCUT2D eigenvalue weighted by Gasteiger charge is -2.38. The van der Waals surface area contributed by atoms with E-state index in [1.165, 1.54) is 7.11 Å². The van der Waals surface area contributed by atoms with Crippen LogP contribution in [0, 0.1) is 5.92 Å². The molecule has 26 heavy (non-hydrogen) atoms. The summed E-state index contributed by atoms with van der Waals surface area (Å²) in [4.78, 5) is 23.2. The molecule has 0 radical (unpaired) electrons. The minimum absolute atomic E-state index is 0.0240. The van der Waals surface area contributed by atoms with Crippen molar-refractivity contribution in [2.45, 2.75) is 18.4 Å². The average Bonchev–Trinajstić information content (AvgIpc) is 3.16. The fourth-order valence-electron chi connectivity index (χ4n) is 4.06. The van der Waals surface area contributed by atoms with Crippen LogP contribution in [0.1, 0.15) is 50.2 Å². The van der Waals surface area contributed by atoms with Gasteiger partial charge in [0.2, 0.25) is 0 Å². The van der Waals surface area contributed by atoms with Gasteiger partial charge in [0, 0.05) is 5.92 Å². The van der Waals surface area contributed by atoms with Gasteiger partial charge in [-0.3, -0.25) is 0 Å². The fourth-order valence-corrected chi connectivity index (χ4v) is 4.06. The third-order valence-corrected chi connectivity index (χ3v) is 5.31. The summed E-state index contributed by atoms with van der Waals surface area (Å²) in [6.07, 6.45) is 5.28. The van der Waals surface area contributed by atoms with Gasteiger partial charge in [-0.15, -0.1) is 0 Å². The van der Waals surface area contributed by atoms with Gasteiger partial charge in [-0.25, -0.2) is 4.79 Å². The molecule has 1 aliphatic carbocycles. The third kappa shape index (κ3) is 2.56. The number of benzene rings is 2. The number of carbonyl (C=O) groups excluding carboxylic acids is 2. The minimum atomic E-state index is -1.19. The summed E-state index contributed by atoms with van der Waals surface area (Å²) < 4.78 is 4.93. The summed E-state index contributed by atoms with van der Waals surface area (Å²) in [6.45, 7) is 0. The Bertz CT molecular complexity index is 901. The maximum atomic E-state index is 12.2. The smallest absolute Gasteiger partial charge is 0.339 e. The van der Waals surface area contributed by atoms with Crippen LogP contribution in [0.15, 0.2) is 54.6 Å². The molecule has 132 valence electrons. The summed E-state index contributed by atoms with van der Waals surface area (Å²) in [7, 11) is 1.37. The number of esters is 1. The summed E-state index contributed by atoms with van der Waals surface area (Å²) in [6, 6.07) is 12.4. The number of rotatable bonds is 3. The number of para-hydroxylation sites is 1. The molecule has 4 rings (SSSR count). The number of aromatic carboxylic acids is 1. The molecule has 0 saturated carbocycles. The maximum Gasteiger partial charge on any atom is 0.339 e. The number of anilines is 1. The molecule has 1 heterocycles. The van der Waals surface area contributed by atoms with Crippen LogP contribution in [0.25, 0.3) is 0 Å². The second-order valence-electron chi connectivity index (χ2n) is 6.65. The van der Waals surface area contributed by atoms with Gasteiger partial charge in [0.05, 0.1) is 30.4 Å². The average molecular weight is 348 g/mol. The van der Waals surface area contributed by atoms with E-state index in [0.717, 1.165) is 23.2 Å². The molecular weight excluding hydrogens is 330 g/mol. The molecular formula is C21H18NO4-. The highest BCUT2D eigenvalue weighted by molar-refractivity contribution is 5.97. The molecule has 5 nitrogen and oxygen atoms in total. The first-order chi connectivity index (χ1) is 12.6. The quantitative estimate of drug-likeness (QED) is 0.681. The van der Waals surface area contributed by atoms with Crippen LogP contribution in [0.5, 0.6) is 0 Å². The van der Waals surface area contributed by atoms with Gasteiger partial charge >= 0.3 is 5.97 Å². The Balaban J connectivity index is 1.78. The zero-order valence-electron chi connectivity index (χ0n) is 14.3. The molecule has 1 N–H and O–H groups in total. The maximum absolute atomic E-state index is 12.2. The van der Waals surface area contributed by atoms with E-state index in [9.17, 15) is 14.7 Å². The largest absolute Gasteiger partial charge is 0.545 e. The first-order valence-electron chi connectivity index (χ1n) is 8.56. The number of methoxy groups -OCH3 is 1. The number of nitrogens with one attached hydrogen (secondary N) is 1. The zero-order chi connectivity index (χ0) is 18.3. The number of carboxylic acids is 1. The van der Waals surface area contributed by atoms with Gasteiger partial charge in [0.25, 0.3) is 0 Å². The second-order valence-corrected chi connectivity index (χ2v) is 6.65. The van der Waals surface area contributed by atoms with Gasteiger partial charge in [0.15, 0.2) is 0 Å². The topological polar surface area (TPSA) is 78.5 Å². The lowest BCUT2D eigenvalue weighted by molar-refractivity contribution is -0.255. The number of ether oxygens (including phenoxy) is 1. The van der Waals surface area contributed by atoms with E-state index in [1.54, 1.807) is 18.2 Å². The summed E-state index contributed by atoms with van der Waals surface area (Å²) >= 11 is 0. The van der Waals surface area contributed by atoms with Crippen molar-refractivity contribution in [3.8, 4) is 0 Å². The molecule has 0 saturated heterocycles. The Morgan fingerprint density at radius 1 is 1.15 bits per heavy atom. The van der Waals surface area contributed by atoms with Crippen molar-refractivity contribution in [3.05, 3.63) is 76.9 Å². The predicted octanol–water partition coefficient (Wildman–Crippen LogP) is 2.66. The molecule has 2 aromatic carbocycles. The van der Waals surface area contributed by atoms with Crippen molar-refractivity contribution in [1.82, 2.24) is 0 Å². The van der Waals surface area contributed by atoms with Crippen molar-refractivity contribution in [1.29, 1.82) is 0 Å². The molecule has 0 unspecified atom stereocenters.